The standard InChI is InChI=1S/C23H17ClN4O2/c24-20-6-2-1-5-18(20)15-29-19-9-7-17(8-10-19)22-28-21(12-25)23(30-22)27-14-16-4-3-11-26-13-16/h1-11,13,27H,14-15H2. The van der Waals surface area contributed by atoms with E-state index in [0.29, 0.717) is 35.7 Å². The van der Waals surface area contributed by atoms with Crippen molar-refractivity contribution in [1.29, 1.82) is 5.26 Å². The van der Waals surface area contributed by atoms with E-state index in [9.17, 15) is 5.26 Å². The number of benzene rings is 2. The number of aromatic nitrogens is 2. The van der Waals surface area contributed by atoms with Gasteiger partial charge in [0.2, 0.25) is 17.5 Å². The van der Waals surface area contributed by atoms with Gasteiger partial charge in [0.25, 0.3) is 0 Å². The lowest BCUT2D eigenvalue weighted by Crippen LogP contribution is -1.99. The van der Waals surface area contributed by atoms with Crippen LogP contribution in [0.2, 0.25) is 5.02 Å². The van der Waals surface area contributed by atoms with Gasteiger partial charge >= 0.3 is 0 Å². The molecule has 0 fully saturated rings. The summed E-state index contributed by atoms with van der Waals surface area (Å²) in [6.45, 7) is 0.852. The molecule has 1 N–H and O–H groups in total. The first kappa shape index (κ1) is 19.5. The van der Waals surface area contributed by atoms with E-state index < -0.39 is 0 Å². The van der Waals surface area contributed by atoms with E-state index in [2.05, 4.69) is 21.4 Å². The zero-order chi connectivity index (χ0) is 20.8. The van der Waals surface area contributed by atoms with E-state index in [0.717, 1.165) is 16.7 Å². The van der Waals surface area contributed by atoms with Gasteiger partial charge in [-0.1, -0.05) is 35.9 Å². The van der Waals surface area contributed by atoms with Crippen molar-refractivity contribution in [3.63, 3.8) is 0 Å². The zero-order valence-electron chi connectivity index (χ0n) is 15.9. The highest BCUT2D eigenvalue weighted by Gasteiger charge is 2.14. The second kappa shape index (κ2) is 9.12. The highest BCUT2D eigenvalue weighted by molar-refractivity contribution is 6.31. The maximum atomic E-state index is 9.36. The summed E-state index contributed by atoms with van der Waals surface area (Å²) in [5, 5.41) is 13.1. The van der Waals surface area contributed by atoms with E-state index in [-0.39, 0.29) is 5.69 Å². The first-order valence-corrected chi connectivity index (χ1v) is 9.61. The number of pyridine rings is 1. The van der Waals surface area contributed by atoms with E-state index >= 15 is 0 Å². The average Bonchev–Trinajstić information content (AvgIpc) is 3.21. The van der Waals surface area contributed by atoms with Crippen molar-refractivity contribution < 1.29 is 9.15 Å². The summed E-state index contributed by atoms with van der Waals surface area (Å²) in [4.78, 5) is 8.35. The Kier molecular flexibility index (Phi) is 5.93. The van der Waals surface area contributed by atoms with Crippen LogP contribution in [-0.2, 0) is 13.2 Å². The highest BCUT2D eigenvalue weighted by Crippen LogP contribution is 2.27. The fourth-order valence-electron chi connectivity index (χ4n) is 2.79. The Balaban J connectivity index is 1.44. The second-order valence-corrected chi connectivity index (χ2v) is 6.84. The molecule has 0 bridgehead atoms. The lowest BCUT2D eigenvalue weighted by molar-refractivity contribution is 0.306. The van der Waals surface area contributed by atoms with E-state index in [1.165, 1.54) is 0 Å². The van der Waals surface area contributed by atoms with Gasteiger partial charge in [-0.15, -0.1) is 0 Å². The van der Waals surface area contributed by atoms with Crippen LogP contribution in [0.25, 0.3) is 11.5 Å². The molecule has 0 radical (unpaired) electrons. The van der Waals surface area contributed by atoms with Gasteiger partial charge in [-0.3, -0.25) is 4.98 Å². The highest BCUT2D eigenvalue weighted by atomic mass is 35.5. The Morgan fingerprint density at radius 2 is 1.90 bits per heavy atom. The summed E-state index contributed by atoms with van der Waals surface area (Å²) in [5.41, 5.74) is 2.83. The first-order valence-electron chi connectivity index (χ1n) is 9.23. The topological polar surface area (TPSA) is 84.0 Å². The molecule has 0 unspecified atom stereocenters. The second-order valence-electron chi connectivity index (χ2n) is 6.43. The molecule has 7 heteroatoms. The van der Waals surface area contributed by atoms with Gasteiger partial charge in [0.1, 0.15) is 18.4 Å². The van der Waals surface area contributed by atoms with Crippen molar-refractivity contribution in [2.45, 2.75) is 13.2 Å². The molecule has 0 aliphatic carbocycles. The Morgan fingerprint density at radius 3 is 2.63 bits per heavy atom. The van der Waals surface area contributed by atoms with E-state index in [1.54, 1.807) is 12.4 Å². The number of oxazole rings is 1. The molecular weight excluding hydrogens is 400 g/mol. The maximum absolute atomic E-state index is 9.36. The van der Waals surface area contributed by atoms with Gasteiger partial charge in [0, 0.05) is 35.1 Å². The molecule has 2 aromatic heterocycles. The molecule has 0 saturated carbocycles. The Morgan fingerprint density at radius 1 is 1.07 bits per heavy atom. The number of halogens is 1. The third-order valence-corrected chi connectivity index (χ3v) is 4.73. The summed E-state index contributed by atoms with van der Waals surface area (Å²) in [7, 11) is 0. The normalized spacial score (nSPS) is 10.4. The van der Waals surface area contributed by atoms with Crippen molar-refractivity contribution in [2.75, 3.05) is 5.32 Å². The molecule has 0 aliphatic heterocycles. The molecule has 6 nitrogen and oxygen atoms in total. The third-order valence-electron chi connectivity index (χ3n) is 4.36. The molecule has 0 aliphatic rings. The van der Waals surface area contributed by atoms with Crippen LogP contribution in [-0.4, -0.2) is 9.97 Å². The number of nitriles is 1. The lowest BCUT2D eigenvalue weighted by atomic mass is 10.2. The molecule has 4 rings (SSSR count). The summed E-state index contributed by atoms with van der Waals surface area (Å²) in [6.07, 6.45) is 3.45. The quantitative estimate of drug-likeness (QED) is 0.431. The molecule has 2 aromatic carbocycles. The molecule has 2 heterocycles. The SMILES string of the molecule is N#Cc1nc(-c2ccc(OCc3ccccc3Cl)cc2)oc1NCc1cccnc1. The van der Waals surface area contributed by atoms with Crippen LogP contribution in [0, 0.1) is 11.3 Å². The molecule has 0 atom stereocenters. The minimum Gasteiger partial charge on any atom is -0.489 e. The monoisotopic (exact) mass is 416 g/mol. The van der Waals surface area contributed by atoms with Crippen LogP contribution >= 0.6 is 11.6 Å². The number of hydrogen-bond acceptors (Lipinski definition) is 6. The fourth-order valence-corrected chi connectivity index (χ4v) is 2.98. The van der Waals surface area contributed by atoms with Crippen molar-refractivity contribution in [3.05, 3.63) is 94.9 Å². The molecule has 4 aromatic rings. The minimum absolute atomic E-state index is 0.202. The van der Waals surface area contributed by atoms with Crippen LogP contribution in [0.5, 0.6) is 5.75 Å². The number of ether oxygens (including phenoxy) is 1. The fraction of sp³-hybridized carbons (Fsp3) is 0.0870. The number of anilines is 1. The van der Waals surface area contributed by atoms with E-state index in [4.69, 9.17) is 20.8 Å². The van der Waals surface area contributed by atoms with Gasteiger partial charge in [-0.25, -0.2) is 0 Å². The third kappa shape index (κ3) is 4.59. The van der Waals surface area contributed by atoms with Crippen LogP contribution in [0.3, 0.4) is 0 Å². The number of rotatable bonds is 7. The molecule has 0 spiro atoms. The van der Waals surface area contributed by atoms with Gasteiger partial charge in [-0.2, -0.15) is 10.2 Å². The van der Waals surface area contributed by atoms with Crippen molar-refractivity contribution in [2.24, 2.45) is 0 Å². The summed E-state index contributed by atoms with van der Waals surface area (Å²) in [6, 6.07) is 20.7. The number of nitrogens with one attached hydrogen (secondary N) is 1. The summed E-state index contributed by atoms with van der Waals surface area (Å²) < 4.78 is 11.6. The van der Waals surface area contributed by atoms with Crippen molar-refractivity contribution >= 4 is 17.5 Å². The lowest BCUT2D eigenvalue weighted by Gasteiger charge is -2.08. The predicted octanol–water partition coefficient (Wildman–Crippen LogP) is 5.45. The van der Waals surface area contributed by atoms with Crippen molar-refractivity contribution in [1.82, 2.24) is 9.97 Å². The first-order chi connectivity index (χ1) is 14.7. The zero-order valence-corrected chi connectivity index (χ0v) is 16.6. The number of nitrogens with zero attached hydrogens (tertiary/aromatic N) is 3. The van der Waals surface area contributed by atoms with Crippen molar-refractivity contribution in [3.8, 4) is 23.3 Å². The van der Waals surface area contributed by atoms with Gasteiger partial charge < -0.3 is 14.5 Å². The number of hydrogen-bond donors (Lipinski definition) is 1. The van der Waals surface area contributed by atoms with E-state index in [1.807, 2.05) is 60.7 Å². The van der Waals surface area contributed by atoms with Gasteiger partial charge in [-0.05, 0) is 42.0 Å². The Bertz CT molecular complexity index is 1170. The van der Waals surface area contributed by atoms with Crippen LogP contribution in [0.1, 0.15) is 16.8 Å². The summed E-state index contributed by atoms with van der Waals surface area (Å²) >= 11 is 6.15. The molecule has 30 heavy (non-hydrogen) atoms. The largest absolute Gasteiger partial charge is 0.489 e. The Hall–Kier alpha value is -3.82. The predicted molar refractivity (Wildman–Crippen MR) is 114 cm³/mol. The van der Waals surface area contributed by atoms with Crippen LogP contribution in [0.4, 0.5) is 5.88 Å². The maximum Gasteiger partial charge on any atom is 0.232 e. The molecular formula is C23H17ClN4O2. The summed E-state index contributed by atoms with van der Waals surface area (Å²) in [5.74, 6) is 1.38. The van der Waals surface area contributed by atoms with Crippen LogP contribution in [0.15, 0.2) is 77.5 Å². The Labute approximate surface area is 178 Å². The average molecular weight is 417 g/mol. The molecule has 0 saturated heterocycles. The molecule has 148 valence electrons. The smallest absolute Gasteiger partial charge is 0.232 e. The minimum atomic E-state index is 0.202. The van der Waals surface area contributed by atoms with Gasteiger partial charge in [0.05, 0.1) is 0 Å². The molecule has 0 amide bonds. The van der Waals surface area contributed by atoms with Gasteiger partial charge in [0.15, 0.2) is 0 Å². The van der Waals surface area contributed by atoms with Crippen LogP contribution < -0.4 is 10.1 Å².